The Kier molecular flexibility index (Phi) is 5.29. The molecule has 1 heterocycles. The van der Waals surface area contributed by atoms with Gasteiger partial charge in [-0.2, -0.15) is 0 Å². The van der Waals surface area contributed by atoms with Crippen LogP contribution in [0.1, 0.15) is 6.42 Å². The molecule has 1 aliphatic heterocycles. The zero-order chi connectivity index (χ0) is 22.8. The monoisotopic (exact) mass is 432 g/mol. The van der Waals surface area contributed by atoms with Crippen molar-refractivity contribution < 1.29 is 14.4 Å². The summed E-state index contributed by atoms with van der Waals surface area (Å²) in [6, 6.07) is 16.6. The van der Waals surface area contributed by atoms with Gasteiger partial charge in [-0.3, -0.25) is 9.59 Å². The topological polar surface area (TPSA) is 57.7 Å². The second-order valence-corrected chi connectivity index (χ2v) is 7.78. The van der Waals surface area contributed by atoms with Crippen LogP contribution in [0, 0.1) is 0 Å². The highest BCUT2D eigenvalue weighted by Crippen LogP contribution is 2.31. The lowest BCUT2D eigenvalue weighted by Gasteiger charge is -2.34. The molecule has 0 aromatic heterocycles. The standard InChI is InChI=1S/C28H20N2O3/c31-26-25(22-17-15-20-9-7-8-10-21(19-20)16-18-22)27(32)30(24-13-5-2-6-14-24)28(33)29(26)23-11-3-1-4-12-23/h1-18H,19H2/b17-15-,18-16-. The van der Waals surface area contributed by atoms with Crippen molar-refractivity contribution >= 4 is 29.2 Å². The number of imide groups is 2. The van der Waals surface area contributed by atoms with Gasteiger partial charge in [0, 0.05) is 0 Å². The summed E-state index contributed by atoms with van der Waals surface area (Å²) in [5.41, 5.74) is 3.33. The molecule has 0 radical (unpaired) electrons. The van der Waals surface area contributed by atoms with Crippen LogP contribution in [0.25, 0.3) is 0 Å². The quantitative estimate of drug-likeness (QED) is 0.470. The highest BCUT2D eigenvalue weighted by atomic mass is 16.2. The molecular weight excluding hydrogens is 412 g/mol. The fraction of sp³-hybridized carbons (Fsp3) is 0.0357. The minimum Gasteiger partial charge on any atom is -0.268 e. The zero-order valence-corrected chi connectivity index (χ0v) is 17.7. The number of fused-ring (bicyclic) bond motifs is 2. The Labute approximate surface area is 191 Å². The maximum Gasteiger partial charge on any atom is 0.343 e. The predicted octanol–water partition coefficient (Wildman–Crippen LogP) is 5.42. The van der Waals surface area contributed by atoms with Crippen LogP contribution in [0.15, 0.2) is 132 Å². The van der Waals surface area contributed by atoms with E-state index in [2.05, 4.69) is 0 Å². The normalized spacial score (nSPS) is 20.1. The summed E-state index contributed by atoms with van der Waals surface area (Å²) in [5, 5.41) is 0. The molecule has 4 amide bonds. The van der Waals surface area contributed by atoms with Crippen molar-refractivity contribution in [3.8, 4) is 0 Å². The van der Waals surface area contributed by atoms with Gasteiger partial charge in [-0.25, -0.2) is 14.6 Å². The fourth-order valence-electron chi connectivity index (χ4n) is 4.00. The van der Waals surface area contributed by atoms with E-state index in [1.165, 1.54) is 0 Å². The molecule has 5 heteroatoms. The van der Waals surface area contributed by atoms with Gasteiger partial charge in [-0.1, -0.05) is 85.0 Å². The number of allylic oxidation sites excluding steroid dienone is 11. The number of barbiturate groups is 1. The van der Waals surface area contributed by atoms with Gasteiger partial charge in [0.1, 0.15) is 5.57 Å². The van der Waals surface area contributed by atoms with Crippen LogP contribution in [0.2, 0.25) is 0 Å². The molecule has 160 valence electrons. The summed E-state index contributed by atoms with van der Waals surface area (Å²) in [7, 11) is 0. The number of para-hydroxylation sites is 2. The Morgan fingerprint density at radius 1 is 0.576 bits per heavy atom. The minimum absolute atomic E-state index is 0.0531. The van der Waals surface area contributed by atoms with Crippen molar-refractivity contribution in [2.75, 3.05) is 9.80 Å². The second kappa shape index (κ2) is 8.55. The van der Waals surface area contributed by atoms with Gasteiger partial charge in [0.05, 0.1) is 11.4 Å². The Hall–Kier alpha value is -4.51. The maximum atomic E-state index is 13.6. The van der Waals surface area contributed by atoms with Crippen LogP contribution < -0.4 is 9.80 Å². The molecule has 5 rings (SSSR count). The van der Waals surface area contributed by atoms with Crippen molar-refractivity contribution in [3.05, 3.63) is 132 Å². The Morgan fingerprint density at radius 2 is 1.03 bits per heavy atom. The highest BCUT2D eigenvalue weighted by molar-refractivity contribution is 6.45. The number of amides is 4. The SMILES string of the molecule is O=C1C(=C2/C=C\C3=CC=CC=C(/C=C\2)C3)C(=O)N(c2ccccc2)C(=O)N1c1ccccc1. The Balaban J connectivity index is 1.70. The number of nitrogens with zero attached hydrogens (tertiary/aromatic N) is 2. The molecular formula is C28H20N2O3. The lowest BCUT2D eigenvalue weighted by atomic mass is 9.95. The largest absolute Gasteiger partial charge is 0.343 e. The van der Waals surface area contributed by atoms with Gasteiger partial charge in [0.15, 0.2) is 0 Å². The second-order valence-electron chi connectivity index (χ2n) is 7.78. The minimum atomic E-state index is -0.700. The molecule has 2 aromatic carbocycles. The van der Waals surface area contributed by atoms with Crippen molar-refractivity contribution in [2.24, 2.45) is 0 Å². The number of urea groups is 1. The number of hydrogen-bond acceptors (Lipinski definition) is 3. The molecule has 0 unspecified atom stereocenters. The fourth-order valence-corrected chi connectivity index (χ4v) is 4.00. The third-order valence-electron chi connectivity index (χ3n) is 5.63. The van der Waals surface area contributed by atoms with E-state index in [0.29, 0.717) is 16.9 Å². The van der Waals surface area contributed by atoms with E-state index in [0.717, 1.165) is 27.4 Å². The molecule has 0 N–H and O–H groups in total. The molecule has 5 nitrogen and oxygen atoms in total. The molecule has 1 fully saturated rings. The molecule has 0 spiro atoms. The number of benzene rings is 2. The van der Waals surface area contributed by atoms with Gasteiger partial charge in [0.25, 0.3) is 11.8 Å². The number of carbonyl (C=O) groups is 3. The average molecular weight is 432 g/mol. The van der Waals surface area contributed by atoms with Gasteiger partial charge >= 0.3 is 6.03 Å². The van der Waals surface area contributed by atoms with Gasteiger partial charge in [-0.05, 0) is 47.4 Å². The number of hydrogen-bond donors (Lipinski definition) is 0. The Bertz CT molecular complexity index is 1230. The Morgan fingerprint density at radius 3 is 1.48 bits per heavy atom. The first kappa shape index (κ1) is 20.4. The number of rotatable bonds is 2. The van der Waals surface area contributed by atoms with Crippen LogP contribution in [0.3, 0.4) is 0 Å². The van der Waals surface area contributed by atoms with E-state index in [1.807, 2.05) is 36.5 Å². The van der Waals surface area contributed by atoms with E-state index in [-0.39, 0.29) is 5.57 Å². The van der Waals surface area contributed by atoms with Crippen LogP contribution in [-0.2, 0) is 9.59 Å². The summed E-state index contributed by atoms with van der Waals surface area (Å²) in [6.45, 7) is 0. The summed E-state index contributed by atoms with van der Waals surface area (Å²) in [6.07, 6.45) is 16.0. The van der Waals surface area contributed by atoms with Crippen LogP contribution in [0.5, 0.6) is 0 Å². The smallest absolute Gasteiger partial charge is 0.268 e. The first-order chi connectivity index (χ1) is 16.1. The van der Waals surface area contributed by atoms with Gasteiger partial charge < -0.3 is 0 Å². The molecule has 2 bridgehead atoms. The van der Waals surface area contributed by atoms with Crippen LogP contribution in [0.4, 0.5) is 16.2 Å². The summed E-state index contributed by atoms with van der Waals surface area (Å²) < 4.78 is 0. The zero-order valence-electron chi connectivity index (χ0n) is 17.7. The number of anilines is 2. The molecule has 2 aromatic rings. The first-order valence-corrected chi connectivity index (χ1v) is 10.6. The van der Waals surface area contributed by atoms with E-state index in [4.69, 9.17) is 0 Å². The van der Waals surface area contributed by atoms with Crippen molar-refractivity contribution in [1.29, 1.82) is 0 Å². The van der Waals surface area contributed by atoms with E-state index in [1.54, 1.807) is 72.8 Å². The highest BCUT2D eigenvalue weighted by Gasteiger charge is 2.44. The predicted molar refractivity (Wildman–Crippen MR) is 128 cm³/mol. The molecule has 1 saturated heterocycles. The lowest BCUT2D eigenvalue weighted by molar-refractivity contribution is -0.121. The van der Waals surface area contributed by atoms with E-state index >= 15 is 0 Å². The lowest BCUT2D eigenvalue weighted by Crippen LogP contribution is -2.57. The average Bonchev–Trinajstić information content (AvgIpc) is 3.07. The summed E-state index contributed by atoms with van der Waals surface area (Å²) in [4.78, 5) is 42.8. The van der Waals surface area contributed by atoms with Crippen molar-refractivity contribution in [2.45, 2.75) is 6.42 Å². The van der Waals surface area contributed by atoms with Crippen LogP contribution >= 0.6 is 0 Å². The van der Waals surface area contributed by atoms with Gasteiger partial charge in [0.2, 0.25) is 0 Å². The summed E-state index contributed by atoms with van der Waals surface area (Å²) in [5.74, 6) is -1.28. The maximum absolute atomic E-state index is 13.6. The van der Waals surface area contributed by atoms with Crippen LogP contribution in [-0.4, -0.2) is 17.8 Å². The van der Waals surface area contributed by atoms with E-state index in [9.17, 15) is 14.4 Å². The molecule has 3 aliphatic rings. The van der Waals surface area contributed by atoms with E-state index < -0.39 is 17.8 Å². The first-order valence-electron chi connectivity index (χ1n) is 10.6. The number of carbonyl (C=O) groups excluding carboxylic acids is 3. The van der Waals surface area contributed by atoms with Crippen molar-refractivity contribution in [3.63, 3.8) is 0 Å². The third kappa shape index (κ3) is 3.81. The molecule has 33 heavy (non-hydrogen) atoms. The third-order valence-corrected chi connectivity index (χ3v) is 5.63. The van der Waals surface area contributed by atoms with Gasteiger partial charge in [-0.15, -0.1) is 0 Å². The van der Waals surface area contributed by atoms with Crippen molar-refractivity contribution in [1.82, 2.24) is 0 Å². The summed E-state index contributed by atoms with van der Waals surface area (Å²) >= 11 is 0. The molecule has 2 aliphatic carbocycles. The molecule has 0 saturated carbocycles. The molecule has 0 atom stereocenters.